The molecule has 10 nitrogen and oxygen atoms in total. The number of anilines is 1. The smallest absolute Gasteiger partial charge is 0.264 e. The summed E-state index contributed by atoms with van der Waals surface area (Å²) in [5, 5.41) is 3.57. The van der Waals surface area contributed by atoms with E-state index in [0.29, 0.717) is 23.7 Å². The summed E-state index contributed by atoms with van der Waals surface area (Å²) in [6, 6.07) is 7.46. The fourth-order valence-corrected chi connectivity index (χ4v) is 4.16. The van der Waals surface area contributed by atoms with E-state index < -0.39 is 34.2 Å². The first-order chi connectivity index (χ1) is 16.6. The first-order valence-electron chi connectivity index (χ1n) is 10.8. The van der Waals surface area contributed by atoms with Crippen molar-refractivity contribution in [3.05, 3.63) is 53.1 Å². The van der Waals surface area contributed by atoms with Gasteiger partial charge >= 0.3 is 0 Å². The van der Waals surface area contributed by atoms with Crippen LogP contribution in [0.2, 0.25) is 0 Å². The molecule has 0 spiro atoms. The summed E-state index contributed by atoms with van der Waals surface area (Å²) < 4.78 is 34.2. The quantitative estimate of drug-likeness (QED) is 0.398. The molecule has 1 N–H and O–H groups in total. The van der Waals surface area contributed by atoms with E-state index in [1.54, 1.807) is 51.0 Å². The zero-order chi connectivity index (χ0) is 25.9. The van der Waals surface area contributed by atoms with Crippen LogP contribution >= 0.6 is 0 Å². The number of benzene rings is 2. The van der Waals surface area contributed by atoms with Gasteiger partial charge in [-0.3, -0.25) is 24.2 Å². The van der Waals surface area contributed by atoms with Crippen LogP contribution < -0.4 is 14.8 Å². The lowest BCUT2D eigenvalue weighted by Gasteiger charge is -2.24. The summed E-state index contributed by atoms with van der Waals surface area (Å²) in [4.78, 5) is 42.0. The predicted octanol–water partition coefficient (Wildman–Crippen LogP) is 2.64. The Labute approximate surface area is 212 Å². The molecule has 2 aromatic carbocycles. The molecule has 11 heteroatoms. The molecule has 0 bridgehead atoms. The van der Waals surface area contributed by atoms with Crippen molar-refractivity contribution in [3.63, 3.8) is 0 Å². The maximum atomic E-state index is 13.5. The number of imide groups is 1. The van der Waals surface area contributed by atoms with Gasteiger partial charge in [0.2, 0.25) is 16.2 Å². The van der Waals surface area contributed by atoms with Crippen LogP contribution in [0.15, 0.2) is 36.4 Å². The number of amides is 3. The molecule has 2 unspecified atom stereocenters. The third-order valence-corrected chi connectivity index (χ3v) is 6.19. The third kappa shape index (κ3) is 5.58. The molecule has 1 aliphatic rings. The highest BCUT2D eigenvalue weighted by Crippen LogP contribution is 2.37. The number of carbonyl (C=O) groups is 3. The van der Waals surface area contributed by atoms with Gasteiger partial charge in [0.25, 0.3) is 11.8 Å². The minimum Gasteiger partial charge on any atom is -0.493 e. The van der Waals surface area contributed by atoms with Gasteiger partial charge in [0.1, 0.15) is 0 Å². The Hall–Kier alpha value is -3.70. The van der Waals surface area contributed by atoms with E-state index in [0.717, 1.165) is 10.3 Å². The van der Waals surface area contributed by atoms with E-state index in [9.17, 15) is 22.8 Å². The van der Waals surface area contributed by atoms with Crippen LogP contribution in [0.3, 0.4) is 0 Å². The van der Waals surface area contributed by atoms with Crippen molar-refractivity contribution in [2.24, 2.45) is 0 Å². The molecule has 36 heavy (non-hydrogen) atoms. The second-order valence-corrected chi connectivity index (χ2v) is 8.82. The Morgan fingerprint density at radius 1 is 1.14 bits per heavy atom. The summed E-state index contributed by atoms with van der Waals surface area (Å²) in [6.07, 6.45) is 0. The first-order valence-corrected chi connectivity index (χ1v) is 12.0. The number of likely N-dealkylation sites (N-methyl/N-ethyl adjacent to an activating group) is 1. The van der Waals surface area contributed by atoms with Crippen LogP contribution in [0, 0.1) is 0 Å². The molecule has 2 atom stereocenters. The highest BCUT2D eigenvalue weighted by molar-refractivity contribution is 7.71. The number of methoxy groups -OCH3 is 1. The average molecular weight is 518 g/mol. The monoisotopic (exact) mass is 517 g/mol. The first kappa shape index (κ1) is 28.5. The molecule has 0 aromatic heterocycles. The standard InChI is InChI=1S/C24H27N3O7S.CH4/c1-6-34-20-12-15(10-11-19(20)33-5)18(13-35(31)32)27-23(29)16-8-7-9-17(21(16)24(27)30)25-22(28)14(2)26(3)4;/h7-14,18H,6H2,1-5H3,(H,25,28);1H4. The van der Waals surface area contributed by atoms with Gasteiger partial charge in [-0.25, -0.2) is 0 Å². The van der Waals surface area contributed by atoms with Gasteiger partial charge in [-0.2, -0.15) is 8.42 Å². The molecule has 0 saturated carbocycles. The predicted molar refractivity (Wildman–Crippen MR) is 137 cm³/mol. The van der Waals surface area contributed by atoms with E-state index in [2.05, 4.69) is 5.32 Å². The lowest BCUT2D eigenvalue weighted by molar-refractivity contribution is -0.119. The molecule has 2 aromatic rings. The van der Waals surface area contributed by atoms with Crippen molar-refractivity contribution in [2.45, 2.75) is 33.4 Å². The van der Waals surface area contributed by atoms with E-state index in [-0.39, 0.29) is 30.1 Å². The Morgan fingerprint density at radius 3 is 2.42 bits per heavy atom. The second-order valence-electron chi connectivity index (χ2n) is 8.02. The molecular formula is C25H31N3O7S. The molecule has 0 saturated heterocycles. The number of hydrogen-bond donors (Lipinski definition) is 1. The average Bonchev–Trinajstić information content (AvgIpc) is 3.07. The molecule has 1 heterocycles. The normalized spacial score (nSPS) is 14.0. The van der Waals surface area contributed by atoms with Crippen LogP contribution in [0.4, 0.5) is 5.69 Å². The molecule has 0 radical (unpaired) electrons. The van der Waals surface area contributed by atoms with Crippen molar-refractivity contribution in [1.82, 2.24) is 9.80 Å². The largest absolute Gasteiger partial charge is 0.493 e. The van der Waals surface area contributed by atoms with Crippen LogP contribution in [0.25, 0.3) is 0 Å². The zero-order valence-corrected chi connectivity index (χ0v) is 20.9. The van der Waals surface area contributed by atoms with Crippen LogP contribution in [0.5, 0.6) is 11.5 Å². The Balaban J connectivity index is 0.00000456. The highest BCUT2D eigenvalue weighted by atomic mass is 32.2. The minimum atomic E-state index is -2.70. The summed E-state index contributed by atoms with van der Waals surface area (Å²) in [7, 11) is 2.25. The molecule has 194 valence electrons. The van der Waals surface area contributed by atoms with Crippen molar-refractivity contribution in [3.8, 4) is 11.5 Å². The van der Waals surface area contributed by atoms with Gasteiger partial charge in [0.05, 0.1) is 48.0 Å². The number of rotatable bonds is 9. The maximum Gasteiger partial charge on any atom is 0.264 e. The van der Waals surface area contributed by atoms with Crippen LogP contribution in [-0.2, 0) is 15.1 Å². The number of nitrogens with one attached hydrogen (secondary N) is 1. The van der Waals surface area contributed by atoms with Gasteiger partial charge in [-0.15, -0.1) is 0 Å². The molecule has 0 fully saturated rings. The van der Waals surface area contributed by atoms with Gasteiger partial charge < -0.3 is 14.8 Å². The fraction of sp³-hybridized carbons (Fsp3) is 0.360. The topological polar surface area (TPSA) is 122 Å². The lowest BCUT2D eigenvalue weighted by Crippen LogP contribution is -2.37. The Kier molecular flexibility index (Phi) is 9.37. The molecule has 3 rings (SSSR count). The minimum absolute atomic E-state index is 0. The van der Waals surface area contributed by atoms with Gasteiger partial charge in [0, 0.05) is 0 Å². The van der Waals surface area contributed by atoms with E-state index in [4.69, 9.17) is 9.47 Å². The SMILES string of the molecule is C.CCOc1cc(C(C=S(=O)=O)N2C(=O)c3cccc(NC(=O)C(C)N(C)C)c3C2=O)ccc1OC. The fourth-order valence-electron chi connectivity index (χ4n) is 3.67. The van der Waals surface area contributed by atoms with Crippen molar-refractivity contribution in [2.75, 3.05) is 33.1 Å². The Bertz CT molecular complexity index is 1300. The van der Waals surface area contributed by atoms with Crippen LogP contribution in [0.1, 0.15) is 53.6 Å². The summed E-state index contributed by atoms with van der Waals surface area (Å²) in [5.74, 6) is -1.01. The van der Waals surface area contributed by atoms with Crippen molar-refractivity contribution >= 4 is 39.1 Å². The maximum absolute atomic E-state index is 13.5. The van der Waals surface area contributed by atoms with Gasteiger partial charge in [0.15, 0.2) is 11.5 Å². The zero-order valence-electron chi connectivity index (χ0n) is 20.1. The molecular weight excluding hydrogens is 486 g/mol. The lowest BCUT2D eigenvalue weighted by atomic mass is 10.1. The number of carbonyl (C=O) groups excluding carboxylic acids is 3. The molecule has 0 aliphatic carbocycles. The van der Waals surface area contributed by atoms with Crippen molar-refractivity contribution in [1.29, 1.82) is 0 Å². The van der Waals surface area contributed by atoms with E-state index in [1.165, 1.54) is 25.3 Å². The summed E-state index contributed by atoms with van der Waals surface area (Å²) in [6.45, 7) is 3.80. The number of ether oxygens (including phenoxy) is 2. The number of nitrogens with zero attached hydrogens (tertiary/aromatic N) is 2. The van der Waals surface area contributed by atoms with Gasteiger partial charge in [-0.05, 0) is 57.8 Å². The van der Waals surface area contributed by atoms with Crippen LogP contribution in [-0.4, -0.2) is 75.2 Å². The Morgan fingerprint density at radius 2 is 1.83 bits per heavy atom. The second kappa shape index (κ2) is 11.8. The highest BCUT2D eigenvalue weighted by Gasteiger charge is 2.42. The number of fused-ring (bicyclic) bond motifs is 1. The number of hydrogen-bond acceptors (Lipinski definition) is 8. The molecule has 1 aliphatic heterocycles. The molecule has 3 amide bonds. The van der Waals surface area contributed by atoms with E-state index >= 15 is 0 Å². The van der Waals surface area contributed by atoms with Crippen molar-refractivity contribution < 1.29 is 32.3 Å². The van der Waals surface area contributed by atoms with E-state index in [1.807, 2.05) is 0 Å². The van der Waals surface area contributed by atoms with Gasteiger partial charge in [-0.1, -0.05) is 19.6 Å². The summed E-state index contributed by atoms with van der Waals surface area (Å²) in [5.41, 5.74) is 0.581. The summed E-state index contributed by atoms with van der Waals surface area (Å²) >= 11 is 0. The third-order valence-electron chi connectivity index (χ3n) is 5.71.